The minimum absolute atomic E-state index is 0.0890. The number of methoxy groups -OCH3 is 1. The molecule has 144 valence electrons. The van der Waals surface area contributed by atoms with E-state index in [2.05, 4.69) is 0 Å². The lowest BCUT2D eigenvalue weighted by atomic mass is 10.3. The van der Waals surface area contributed by atoms with E-state index in [1.807, 2.05) is 19.1 Å². The molecule has 0 bridgehead atoms. The van der Waals surface area contributed by atoms with Gasteiger partial charge in [-0.05, 0) is 37.6 Å². The maximum Gasteiger partial charge on any atom is 0.319 e. The van der Waals surface area contributed by atoms with Gasteiger partial charge in [-0.25, -0.2) is 4.98 Å². The number of thioether (sulfide) groups is 2. The molecule has 1 unspecified atom stereocenters. The maximum atomic E-state index is 13.1. The van der Waals surface area contributed by atoms with Crippen molar-refractivity contribution >= 4 is 29.5 Å². The predicted molar refractivity (Wildman–Crippen MR) is 107 cm³/mol. The number of rotatable bonds is 7. The van der Waals surface area contributed by atoms with Crippen molar-refractivity contribution in [1.82, 2.24) is 9.55 Å². The Morgan fingerprint density at radius 1 is 1.33 bits per heavy atom. The molecule has 8 heteroatoms. The van der Waals surface area contributed by atoms with Gasteiger partial charge in [0.05, 0.1) is 30.0 Å². The van der Waals surface area contributed by atoms with Crippen LogP contribution in [0.4, 0.5) is 0 Å². The summed E-state index contributed by atoms with van der Waals surface area (Å²) in [5.41, 5.74) is 1.43. The van der Waals surface area contributed by atoms with Gasteiger partial charge in [0.2, 0.25) is 0 Å². The Bertz CT molecular complexity index is 881. The minimum Gasteiger partial charge on any atom is -0.497 e. The van der Waals surface area contributed by atoms with Gasteiger partial charge in [-0.3, -0.25) is 14.2 Å². The van der Waals surface area contributed by atoms with E-state index < -0.39 is 5.25 Å². The third-order valence-electron chi connectivity index (χ3n) is 4.17. The number of hydrogen-bond acceptors (Lipinski definition) is 7. The van der Waals surface area contributed by atoms with Crippen LogP contribution in [0.1, 0.15) is 26.0 Å². The summed E-state index contributed by atoms with van der Waals surface area (Å²) in [7, 11) is 1.60. The van der Waals surface area contributed by atoms with Crippen molar-refractivity contribution in [3.63, 3.8) is 0 Å². The Labute approximate surface area is 166 Å². The molecule has 1 atom stereocenters. The Balaban J connectivity index is 2.07. The summed E-state index contributed by atoms with van der Waals surface area (Å²) in [5.74, 6) is 1.28. The highest BCUT2D eigenvalue weighted by molar-refractivity contribution is 8.00. The average Bonchev–Trinajstić information content (AvgIpc) is 3.15. The van der Waals surface area contributed by atoms with Crippen LogP contribution in [0, 0.1) is 0 Å². The van der Waals surface area contributed by atoms with Gasteiger partial charge >= 0.3 is 5.97 Å². The van der Waals surface area contributed by atoms with Gasteiger partial charge in [0.15, 0.2) is 5.16 Å². The Morgan fingerprint density at radius 3 is 2.70 bits per heavy atom. The van der Waals surface area contributed by atoms with Crippen LogP contribution in [-0.2, 0) is 16.0 Å². The second-order valence-corrected chi connectivity index (χ2v) is 8.15. The summed E-state index contributed by atoms with van der Waals surface area (Å²) < 4.78 is 12.0. The molecule has 3 rings (SSSR count). The van der Waals surface area contributed by atoms with Gasteiger partial charge in [-0.1, -0.05) is 18.7 Å². The molecule has 0 N–H and O–H groups in total. The molecule has 27 heavy (non-hydrogen) atoms. The van der Waals surface area contributed by atoms with Crippen molar-refractivity contribution < 1.29 is 14.3 Å². The lowest BCUT2D eigenvalue weighted by Gasteiger charge is -2.17. The van der Waals surface area contributed by atoms with Gasteiger partial charge in [-0.15, -0.1) is 11.8 Å². The van der Waals surface area contributed by atoms with Gasteiger partial charge in [0, 0.05) is 12.2 Å². The van der Waals surface area contributed by atoms with Crippen molar-refractivity contribution in [1.29, 1.82) is 0 Å². The van der Waals surface area contributed by atoms with Crippen LogP contribution in [0.5, 0.6) is 5.75 Å². The molecule has 0 aliphatic carbocycles. The number of hydrogen-bond donors (Lipinski definition) is 0. The summed E-state index contributed by atoms with van der Waals surface area (Å²) in [6.07, 6.45) is 1.36. The molecule has 0 radical (unpaired) electrons. The van der Waals surface area contributed by atoms with Crippen LogP contribution >= 0.6 is 23.5 Å². The maximum absolute atomic E-state index is 13.1. The van der Waals surface area contributed by atoms with E-state index in [0.29, 0.717) is 34.5 Å². The van der Waals surface area contributed by atoms with E-state index in [1.54, 1.807) is 30.7 Å². The lowest BCUT2D eigenvalue weighted by molar-refractivity contribution is -0.142. The van der Waals surface area contributed by atoms with Crippen molar-refractivity contribution in [2.75, 3.05) is 19.5 Å². The van der Waals surface area contributed by atoms with Crippen LogP contribution in [-0.4, -0.2) is 40.2 Å². The monoisotopic (exact) mass is 406 g/mol. The predicted octanol–water partition coefficient (Wildman–Crippen LogP) is 3.32. The van der Waals surface area contributed by atoms with E-state index in [0.717, 1.165) is 17.9 Å². The highest BCUT2D eigenvalue weighted by Gasteiger charge is 2.26. The molecule has 2 aromatic rings. The summed E-state index contributed by atoms with van der Waals surface area (Å²) in [5, 5.41) is 0.111. The van der Waals surface area contributed by atoms with Crippen LogP contribution in [0.15, 0.2) is 39.1 Å². The fourth-order valence-electron chi connectivity index (χ4n) is 2.79. The number of nitrogens with zero attached hydrogens (tertiary/aromatic N) is 2. The zero-order valence-electron chi connectivity index (χ0n) is 15.6. The van der Waals surface area contributed by atoms with Crippen molar-refractivity contribution in [3.8, 4) is 11.4 Å². The standard InChI is InChI=1S/C19H22N2O4S2/c1-4-15(18(23)25-5-2)27-19-20-14-10-11-26-16(14)17(22)21(19)12-6-8-13(24-3)9-7-12/h6-9,15H,4-5,10-11H2,1-3H3. The van der Waals surface area contributed by atoms with Gasteiger partial charge < -0.3 is 9.47 Å². The minimum atomic E-state index is -0.409. The van der Waals surface area contributed by atoms with Crippen molar-refractivity contribution in [2.24, 2.45) is 0 Å². The molecule has 0 fully saturated rings. The van der Waals surface area contributed by atoms with E-state index in [4.69, 9.17) is 14.5 Å². The Hall–Kier alpha value is -1.93. The average molecular weight is 407 g/mol. The quantitative estimate of drug-likeness (QED) is 0.397. The van der Waals surface area contributed by atoms with E-state index in [9.17, 15) is 9.59 Å². The van der Waals surface area contributed by atoms with Gasteiger partial charge in [0.25, 0.3) is 5.56 Å². The van der Waals surface area contributed by atoms with E-state index in [-0.39, 0.29) is 11.5 Å². The first-order valence-electron chi connectivity index (χ1n) is 8.85. The number of carbonyl (C=O) groups is 1. The van der Waals surface area contributed by atoms with Crippen LogP contribution in [0.3, 0.4) is 0 Å². The van der Waals surface area contributed by atoms with Gasteiger partial charge in [-0.2, -0.15) is 0 Å². The number of fused-ring (bicyclic) bond motifs is 1. The molecule has 1 aromatic heterocycles. The third kappa shape index (κ3) is 4.16. The van der Waals surface area contributed by atoms with Gasteiger partial charge in [0.1, 0.15) is 11.0 Å². The summed E-state index contributed by atoms with van der Waals surface area (Å²) in [6, 6.07) is 7.26. The fraction of sp³-hybridized carbons (Fsp3) is 0.421. The zero-order chi connectivity index (χ0) is 19.4. The fourth-order valence-corrected chi connectivity index (χ4v) is 4.86. The lowest BCUT2D eigenvalue weighted by Crippen LogP contribution is -2.26. The van der Waals surface area contributed by atoms with Crippen molar-refractivity contribution in [2.45, 2.75) is 42.0 Å². The number of ether oxygens (including phenoxy) is 2. The van der Waals surface area contributed by atoms with Crippen LogP contribution in [0.25, 0.3) is 5.69 Å². The first-order chi connectivity index (χ1) is 13.1. The second-order valence-electron chi connectivity index (χ2n) is 5.87. The highest BCUT2D eigenvalue weighted by Crippen LogP contribution is 2.32. The number of benzene rings is 1. The number of carbonyl (C=O) groups excluding carboxylic acids is 1. The molecule has 0 spiro atoms. The normalized spacial score (nSPS) is 13.9. The SMILES string of the molecule is CCOC(=O)C(CC)Sc1nc2c(c(=O)n1-c1ccc(OC)cc1)SCC2. The largest absolute Gasteiger partial charge is 0.497 e. The third-order valence-corrected chi connectivity index (χ3v) is 6.57. The highest BCUT2D eigenvalue weighted by atomic mass is 32.2. The molecule has 6 nitrogen and oxygen atoms in total. The molecular weight excluding hydrogens is 384 g/mol. The first-order valence-corrected chi connectivity index (χ1v) is 10.7. The van der Waals surface area contributed by atoms with Crippen molar-refractivity contribution in [3.05, 3.63) is 40.3 Å². The summed E-state index contributed by atoms with van der Waals surface area (Å²) in [6.45, 7) is 4.04. The Morgan fingerprint density at radius 2 is 2.07 bits per heavy atom. The molecule has 0 saturated carbocycles. The molecular formula is C19H22N2O4S2. The Kier molecular flexibility index (Phi) is 6.49. The van der Waals surface area contributed by atoms with Crippen LogP contribution < -0.4 is 10.3 Å². The van der Waals surface area contributed by atoms with E-state index in [1.165, 1.54) is 23.5 Å². The smallest absolute Gasteiger partial charge is 0.319 e. The van der Waals surface area contributed by atoms with Crippen LogP contribution in [0.2, 0.25) is 0 Å². The van der Waals surface area contributed by atoms with E-state index >= 15 is 0 Å². The second kappa shape index (κ2) is 8.84. The molecule has 2 heterocycles. The number of aryl methyl sites for hydroxylation is 1. The number of esters is 1. The summed E-state index contributed by atoms with van der Waals surface area (Å²) >= 11 is 2.82. The molecule has 0 saturated heterocycles. The topological polar surface area (TPSA) is 70.4 Å². The molecule has 1 aliphatic rings. The molecule has 1 aliphatic heterocycles. The summed E-state index contributed by atoms with van der Waals surface area (Å²) in [4.78, 5) is 30.8. The number of aromatic nitrogens is 2. The first kappa shape index (κ1) is 19.8. The molecule has 1 aromatic carbocycles. The molecule has 0 amide bonds. The zero-order valence-corrected chi connectivity index (χ0v) is 17.2.